The van der Waals surface area contributed by atoms with E-state index in [-0.39, 0.29) is 11.8 Å². The standard InChI is InChI=1S/C23H24N4O2/c1-16-22(17(2)27(25-16)20-7-4-3-5-8-20)23(29)24-15-18-10-12-19(13-11-18)26-14-6-9-21(26)28/h3-5,7-8,10-13H,6,9,14-15H2,1-2H3,(H,24,29). The first kappa shape index (κ1) is 18.9. The zero-order valence-corrected chi connectivity index (χ0v) is 16.7. The van der Waals surface area contributed by atoms with Crippen LogP contribution in [0.5, 0.6) is 0 Å². The number of aryl methyl sites for hydroxylation is 1. The Bertz CT molecular complexity index is 1040. The van der Waals surface area contributed by atoms with Crippen molar-refractivity contribution in [2.45, 2.75) is 33.2 Å². The van der Waals surface area contributed by atoms with Gasteiger partial charge in [-0.3, -0.25) is 9.59 Å². The first-order valence-electron chi connectivity index (χ1n) is 9.84. The Kier molecular flexibility index (Phi) is 5.16. The molecule has 0 atom stereocenters. The minimum atomic E-state index is -0.138. The minimum Gasteiger partial charge on any atom is -0.348 e. The number of nitrogens with one attached hydrogen (secondary N) is 1. The molecule has 6 heteroatoms. The molecule has 0 spiro atoms. The predicted molar refractivity (Wildman–Crippen MR) is 112 cm³/mol. The summed E-state index contributed by atoms with van der Waals surface area (Å²) in [5, 5.41) is 7.52. The molecule has 2 heterocycles. The molecule has 1 aromatic heterocycles. The van der Waals surface area contributed by atoms with Gasteiger partial charge in [-0.1, -0.05) is 30.3 Å². The quantitative estimate of drug-likeness (QED) is 0.727. The molecule has 2 amide bonds. The maximum absolute atomic E-state index is 12.8. The summed E-state index contributed by atoms with van der Waals surface area (Å²) in [6, 6.07) is 17.6. The van der Waals surface area contributed by atoms with Crippen molar-refractivity contribution in [1.82, 2.24) is 15.1 Å². The van der Waals surface area contributed by atoms with Gasteiger partial charge in [0.2, 0.25) is 5.91 Å². The van der Waals surface area contributed by atoms with Crippen LogP contribution in [0.4, 0.5) is 5.69 Å². The molecule has 1 fully saturated rings. The number of rotatable bonds is 5. The van der Waals surface area contributed by atoms with Crippen LogP contribution in [0.2, 0.25) is 0 Å². The SMILES string of the molecule is Cc1nn(-c2ccccc2)c(C)c1C(=O)NCc1ccc(N2CCCC2=O)cc1. The summed E-state index contributed by atoms with van der Waals surface area (Å²) in [6.07, 6.45) is 1.53. The lowest BCUT2D eigenvalue weighted by atomic mass is 10.1. The first-order chi connectivity index (χ1) is 14.0. The Labute approximate surface area is 170 Å². The number of aromatic nitrogens is 2. The molecule has 1 N–H and O–H groups in total. The lowest BCUT2D eigenvalue weighted by Crippen LogP contribution is -2.25. The summed E-state index contributed by atoms with van der Waals surface area (Å²) in [5.41, 5.74) is 4.95. The number of benzene rings is 2. The van der Waals surface area contributed by atoms with Crippen LogP contribution in [0, 0.1) is 13.8 Å². The monoisotopic (exact) mass is 388 g/mol. The molecular formula is C23H24N4O2. The van der Waals surface area contributed by atoms with Gasteiger partial charge in [0.1, 0.15) is 0 Å². The van der Waals surface area contributed by atoms with Gasteiger partial charge >= 0.3 is 0 Å². The van der Waals surface area contributed by atoms with E-state index in [0.717, 1.165) is 35.6 Å². The molecule has 1 aliphatic heterocycles. The van der Waals surface area contributed by atoms with E-state index in [2.05, 4.69) is 10.4 Å². The van der Waals surface area contributed by atoms with E-state index in [9.17, 15) is 9.59 Å². The molecule has 2 aromatic carbocycles. The Balaban J connectivity index is 1.45. The molecule has 0 saturated carbocycles. The van der Waals surface area contributed by atoms with E-state index < -0.39 is 0 Å². The number of nitrogens with zero attached hydrogens (tertiary/aromatic N) is 3. The maximum Gasteiger partial charge on any atom is 0.255 e. The minimum absolute atomic E-state index is 0.138. The number of para-hydroxylation sites is 1. The van der Waals surface area contributed by atoms with Crippen molar-refractivity contribution in [3.63, 3.8) is 0 Å². The van der Waals surface area contributed by atoms with Crippen LogP contribution >= 0.6 is 0 Å². The van der Waals surface area contributed by atoms with Gasteiger partial charge in [-0.15, -0.1) is 0 Å². The van der Waals surface area contributed by atoms with E-state index in [4.69, 9.17) is 0 Å². The first-order valence-corrected chi connectivity index (χ1v) is 9.84. The molecule has 4 rings (SSSR count). The number of amides is 2. The molecule has 1 aliphatic rings. The topological polar surface area (TPSA) is 67.2 Å². The molecule has 29 heavy (non-hydrogen) atoms. The predicted octanol–water partition coefficient (Wildman–Crippen LogP) is 3.55. The molecule has 0 unspecified atom stereocenters. The van der Waals surface area contributed by atoms with Gasteiger partial charge in [-0.05, 0) is 50.1 Å². The third-order valence-electron chi connectivity index (χ3n) is 5.29. The third-order valence-corrected chi connectivity index (χ3v) is 5.29. The average molecular weight is 388 g/mol. The van der Waals surface area contributed by atoms with Crippen LogP contribution in [0.1, 0.15) is 40.2 Å². The number of carbonyl (C=O) groups is 2. The molecular weight excluding hydrogens is 364 g/mol. The van der Waals surface area contributed by atoms with Crippen molar-refractivity contribution in [3.8, 4) is 5.69 Å². The average Bonchev–Trinajstić information content (AvgIpc) is 3.29. The summed E-state index contributed by atoms with van der Waals surface area (Å²) in [5.74, 6) is 0.0356. The lowest BCUT2D eigenvalue weighted by molar-refractivity contribution is -0.117. The lowest BCUT2D eigenvalue weighted by Gasteiger charge is -2.16. The van der Waals surface area contributed by atoms with Crippen LogP contribution in [0.25, 0.3) is 5.69 Å². The fourth-order valence-electron chi connectivity index (χ4n) is 3.78. The van der Waals surface area contributed by atoms with Crippen molar-refractivity contribution in [3.05, 3.63) is 77.1 Å². The van der Waals surface area contributed by atoms with Crippen LogP contribution in [0.15, 0.2) is 54.6 Å². The second kappa shape index (κ2) is 7.91. The molecule has 0 radical (unpaired) electrons. The van der Waals surface area contributed by atoms with Gasteiger partial charge in [0.25, 0.3) is 5.91 Å². The molecule has 0 bridgehead atoms. The largest absolute Gasteiger partial charge is 0.348 e. The number of carbonyl (C=O) groups excluding carboxylic acids is 2. The molecule has 6 nitrogen and oxygen atoms in total. The zero-order chi connectivity index (χ0) is 20.4. The van der Waals surface area contributed by atoms with E-state index in [1.165, 1.54) is 0 Å². The van der Waals surface area contributed by atoms with Gasteiger partial charge < -0.3 is 10.2 Å². The molecule has 1 saturated heterocycles. The third kappa shape index (κ3) is 3.78. The van der Waals surface area contributed by atoms with Gasteiger partial charge in [0, 0.05) is 25.2 Å². The van der Waals surface area contributed by atoms with Gasteiger partial charge in [0.05, 0.1) is 22.6 Å². The van der Waals surface area contributed by atoms with Crippen molar-refractivity contribution in [2.75, 3.05) is 11.4 Å². The van der Waals surface area contributed by atoms with Crippen LogP contribution < -0.4 is 10.2 Å². The van der Waals surface area contributed by atoms with Crippen LogP contribution in [-0.4, -0.2) is 28.1 Å². The van der Waals surface area contributed by atoms with E-state index in [1.807, 2.05) is 73.3 Å². The second-order valence-electron chi connectivity index (χ2n) is 7.29. The molecule has 148 valence electrons. The highest BCUT2D eigenvalue weighted by Gasteiger charge is 2.22. The fourth-order valence-corrected chi connectivity index (χ4v) is 3.78. The van der Waals surface area contributed by atoms with Crippen molar-refractivity contribution in [1.29, 1.82) is 0 Å². The highest BCUT2D eigenvalue weighted by molar-refractivity contribution is 5.96. The molecule has 3 aromatic rings. The highest BCUT2D eigenvalue weighted by Crippen LogP contribution is 2.22. The van der Waals surface area contributed by atoms with Gasteiger partial charge in [0.15, 0.2) is 0 Å². The smallest absolute Gasteiger partial charge is 0.255 e. The van der Waals surface area contributed by atoms with E-state index >= 15 is 0 Å². The van der Waals surface area contributed by atoms with Crippen LogP contribution in [0.3, 0.4) is 0 Å². The Hall–Kier alpha value is -3.41. The van der Waals surface area contributed by atoms with Crippen molar-refractivity contribution in [2.24, 2.45) is 0 Å². The van der Waals surface area contributed by atoms with E-state index in [1.54, 1.807) is 4.68 Å². The summed E-state index contributed by atoms with van der Waals surface area (Å²) >= 11 is 0. The Morgan fingerprint density at radius 1 is 1.03 bits per heavy atom. The second-order valence-corrected chi connectivity index (χ2v) is 7.29. The summed E-state index contributed by atoms with van der Waals surface area (Å²) < 4.78 is 1.80. The normalized spacial score (nSPS) is 13.7. The molecule has 0 aliphatic carbocycles. The van der Waals surface area contributed by atoms with Gasteiger partial charge in [-0.25, -0.2) is 4.68 Å². The number of hydrogen-bond acceptors (Lipinski definition) is 3. The van der Waals surface area contributed by atoms with Gasteiger partial charge in [-0.2, -0.15) is 5.10 Å². The zero-order valence-electron chi connectivity index (χ0n) is 16.7. The highest BCUT2D eigenvalue weighted by atomic mass is 16.2. The van der Waals surface area contributed by atoms with Crippen LogP contribution in [-0.2, 0) is 11.3 Å². The Morgan fingerprint density at radius 2 is 1.76 bits per heavy atom. The maximum atomic E-state index is 12.8. The summed E-state index contributed by atoms with van der Waals surface area (Å²) in [6.45, 7) is 4.95. The Morgan fingerprint density at radius 3 is 2.41 bits per heavy atom. The van der Waals surface area contributed by atoms with Crippen molar-refractivity contribution >= 4 is 17.5 Å². The summed E-state index contributed by atoms with van der Waals surface area (Å²) in [7, 11) is 0. The van der Waals surface area contributed by atoms with Crippen molar-refractivity contribution < 1.29 is 9.59 Å². The number of hydrogen-bond donors (Lipinski definition) is 1. The summed E-state index contributed by atoms with van der Waals surface area (Å²) in [4.78, 5) is 26.5. The fraction of sp³-hybridized carbons (Fsp3) is 0.261. The van der Waals surface area contributed by atoms with E-state index in [0.29, 0.717) is 24.2 Å². The number of anilines is 1.